The Bertz CT molecular complexity index is 1080. The third-order valence-electron chi connectivity index (χ3n) is 6.43. The number of halogens is 2. The fraction of sp³-hybridized carbons (Fsp3) is 0.464. The van der Waals surface area contributed by atoms with Gasteiger partial charge in [-0.1, -0.05) is 55.3 Å². The molecule has 0 aliphatic carbocycles. The van der Waals surface area contributed by atoms with Gasteiger partial charge in [-0.15, -0.1) is 6.58 Å². The van der Waals surface area contributed by atoms with Crippen LogP contribution in [-0.4, -0.2) is 33.4 Å². The maximum absolute atomic E-state index is 14.2. The Morgan fingerprint density at radius 1 is 1.29 bits per heavy atom. The number of carbonyl (C=O) groups excluding carboxylic acids is 2. The molecule has 35 heavy (non-hydrogen) atoms. The van der Waals surface area contributed by atoms with E-state index < -0.39 is 29.1 Å². The van der Waals surface area contributed by atoms with Crippen molar-refractivity contribution in [2.75, 3.05) is 0 Å². The normalized spacial score (nSPS) is 23.6. The molecule has 2 heterocycles. The number of aromatic nitrogens is 1. The molecule has 0 bridgehead atoms. The predicted octanol–water partition coefficient (Wildman–Crippen LogP) is 7.15. The van der Waals surface area contributed by atoms with Crippen LogP contribution in [0.15, 0.2) is 55.3 Å². The summed E-state index contributed by atoms with van der Waals surface area (Å²) in [5, 5.41) is 1.11. The fourth-order valence-corrected chi connectivity index (χ4v) is 5.25. The molecule has 0 spiro atoms. The lowest BCUT2D eigenvalue weighted by atomic mass is 9.67. The molecule has 3 rings (SSSR count). The van der Waals surface area contributed by atoms with E-state index in [2.05, 4.69) is 11.6 Å². The molecule has 1 aliphatic heterocycles. The summed E-state index contributed by atoms with van der Waals surface area (Å²) in [7, 11) is 0. The van der Waals surface area contributed by atoms with Crippen molar-refractivity contribution in [1.29, 1.82) is 0 Å². The number of amides is 1. The van der Waals surface area contributed by atoms with Gasteiger partial charge in [0, 0.05) is 17.1 Å². The number of piperidine rings is 1. The number of carbonyl (C=O) groups is 2. The van der Waals surface area contributed by atoms with Crippen molar-refractivity contribution in [3.63, 3.8) is 0 Å². The molecular weight excluding hydrogens is 483 g/mol. The Labute approximate surface area is 218 Å². The molecule has 1 amide bonds. The molecule has 1 aromatic heterocycles. The molecule has 1 aliphatic rings. The third kappa shape index (κ3) is 6.07. The first-order valence-corrected chi connectivity index (χ1v) is 12.7. The zero-order valence-electron chi connectivity index (χ0n) is 21.1. The van der Waals surface area contributed by atoms with E-state index >= 15 is 0 Å². The Hall–Kier alpha value is -2.37. The Balaban J connectivity index is 2.24. The second-order valence-electron chi connectivity index (χ2n) is 10.4. The van der Waals surface area contributed by atoms with E-state index in [0.29, 0.717) is 35.0 Å². The van der Waals surface area contributed by atoms with Gasteiger partial charge in [0.2, 0.25) is 5.91 Å². The highest BCUT2D eigenvalue weighted by atomic mass is 35.5. The molecule has 7 heteroatoms. The second kappa shape index (κ2) is 10.7. The highest BCUT2D eigenvalue weighted by molar-refractivity contribution is 6.30. The maximum atomic E-state index is 14.2. The van der Waals surface area contributed by atoms with Crippen LogP contribution >= 0.6 is 23.2 Å². The lowest BCUT2D eigenvalue weighted by molar-refractivity contribution is -0.173. The van der Waals surface area contributed by atoms with E-state index in [1.165, 1.54) is 0 Å². The van der Waals surface area contributed by atoms with Crippen LogP contribution in [0.1, 0.15) is 77.1 Å². The van der Waals surface area contributed by atoms with Gasteiger partial charge < -0.3 is 9.64 Å². The van der Waals surface area contributed by atoms with Gasteiger partial charge in [0.25, 0.3) is 0 Å². The molecule has 1 aromatic carbocycles. The smallest absolute Gasteiger partial charge is 0.329 e. The molecule has 188 valence electrons. The van der Waals surface area contributed by atoms with E-state index in [1.807, 2.05) is 65.0 Å². The number of likely N-dealkylation sites (tertiary alicyclic amines) is 1. The molecule has 1 saturated heterocycles. The minimum Gasteiger partial charge on any atom is -0.458 e. The number of pyridine rings is 1. The van der Waals surface area contributed by atoms with Crippen LogP contribution in [0.5, 0.6) is 0 Å². The second-order valence-corrected chi connectivity index (χ2v) is 11.3. The largest absolute Gasteiger partial charge is 0.458 e. The third-order valence-corrected chi connectivity index (χ3v) is 6.89. The van der Waals surface area contributed by atoms with Gasteiger partial charge in [-0.25, -0.2) is 4.79 Å². The van der Waals surface area contributed by atoms with E-state index in [4.69, 9.17) is 27.9 Å². The van der Waals surface area contributed by atoms with Crippen LogP contribution in [0.2, 0.25) is 10.0 Å². The number of ether oxygens (including phenoxy) is 1. The lowest BCUT2D eigenvalue weighted by Gasteiger charge is -2.51. The van der Waals surface area contributed by atoms with Crippen molar-refractivity contribution in [1.82, 2.24) is 9.88 Å². The standard InChI is InChI=1S/C28H34Cl2N2O3/c1-7-14-28(6)16-21(18-10-9-11-19(29)15-18)24(22-13-12-20(30)17-31-22)32(26(28)34)23(8-2)25(33)35-27(3,4)5/h7,9-13,15,17,21,23-24H,1,8,14,16H2,2-6H3/t21-,23-,24+,28+/m1/s1. The van der Waals surface area contributed by atoms with Gasteiger partial charge in [-0.2, -0.15) is 0 Å². The van der Waals surface area contributed by atoms with Crippen LogP contribution in [0.3, 0.4) is 0 Å². The fourth-order valence-electron chi connectivity index (χ4n) is 4.94. The molecule has 0 N–H and O–H groups in total. The minimum absolute atomic E-state index is 0.116. The predicted molar refractivity (Wildman–Crippen MR) is 140 cm³/mol. The van der Waals surface area contributed by atoms with Gasteiger partial charge in [0.1, 0.15) is 11.6 Å². The first kappa shape index (κ1) is 27.2. The molecule has 1 fully saturated rings. The number of allylic oxidation sites excluding steroid dienone is 1. The molecule has 0 radical (unpaired) electrons. The maximum Gasteiger partial charge on any atom is 0.329 e. The van der Waals surface area contributed by atoms with Crippen molar-refractivity contribution in [2.24, 2.45) is 5.41 Å². The highest BCUT2D eigenvalue weighted by Crippen LogP contribution is 2.52. The van der Waals surface area contributed by atoms with Crippen molar-refractivity contribution in [3.05, 3.63) is 76.6 Å². The monoisotopic (exact) mass is 516 g/mol. The van der Waals surface area contributed by atoms with Crippen LogP contribution in [0.25, 0.3) is 0 Å². The molecule has 2 aromatic rings. The van der Waals surface area contributed by atoms with Crippen LogP contribution in [0, 0.1) is 5.41 Å². The first-order valence-electron chi connectivity index (χ1n) is 11.9. The van der Waals surface area contributed by atoms with E-state index in [0.717, 1.165) is 5.56 Å². The summed E-state index contributed by atoms with van der Waals surface area (Å²) in [4.78, 5) is 33.9. The Kier molecular flexibility index (Phi) is 8.33. The number of rotatable bonds is 7. The number of hydrogen-bond donors (Lipinski definition) is 0. The highest BCUT2D eigenvalue weighted by Gasteiger charge is 2.53. The summed E-state index contributed by atoms with van der Waals surface area (Å²) in [5.74, 6) is -0.711. The molecular formula is C28H34Cl2N2O3. The summed E-state index contributed by atoms with van der Waals surface area (Å²) < 4.78 is 5.77. The van der Waals surface area contributed by atoms with Crippen molar-refractivity contribution in [2.45, 2.75) is 77.5 Å². The van der Waals surface area contributed by atoms with E-state index in [-0.39, 0.29) is 11.8 Å². The molecule has 0 unspecified atom stereocenters. The van der Waals surface area contributed by atoms with Gasteiger partial charge in [-0.3, -0.25) is 9.78 Å². The lowest BCUT2D eigenvalue weighted by Crippen LogP contribution is -2.58. The van der Waals surface area contributed by atoms with Crippen molar-refractivity contribution >= 4 is 35.1 Å². The van der Waals surface area contributed by atoms with Crippen LogP contribution < -0.4 is 0 Å². The number of hydrogen-bond acceptors (Lipinski definition) is 4. The Morgan fingerprint density at radius 3 is 2.54 bits per heavy atom. The van der Waals surface area contributed by atoms with Crippen LogP contribution in [0.4, 0.5) is 0 Å². The van der Waals surface area contributed by atoms with E-state index in [1.54, 1.807) is 23.2 Å². The average Bonchev–Trinajstić information content (AvgIpc) is 2.77. The Morgan fingerprint density at radius 2 is 2.00 bits per heavy atom. The number of benzene rings is 1. The topological polar surface area (TPSA) is 59.5 Å². The zero-order chi connectivity index (χ0) is 26.0. The molecule has 4 atom stereocenters. The summed E-state index contributed by atoms with van der Waals surface area (Å²) in [6, 6.07) is 9.95. The SMILES string of the molecule is C=CC[C@@]1(C)C[C@H](c2cccc(Cl)c2)[C@@H](c2ccc(Cl)cn2)N([C@H](CC)C(=O)OC(C)(C)C)C1=O. The molecule has 0 saturated carbocycles. The van der Waals surface area contributed by atoms with Crippen molar-refractivity contribution < 1.29 is 14.3 Å². The molecule has 5 nitrogen and oxygen atoms in total. The zero-order valence-corrected chi connectivity index (χ0v) is 22.6. The quantitative estimate of drug-likeness (QED) is 0.289. The number of esters is 1. The summed E-state index contributed by atoms with van der Waals surface area (Å²) in [6.07, 6.45) is 4.76. The van der Waals surface area contributed by atoms with Gasteiger partial charge >= 0.3 is 5.97 Å². The average molecular weight is 517 g/mol. The van der Waals surface area contributed by atoms with Gasteiger partial charge in [-0.05, 0) is 69.9 Å². The van der Waals surface area contributed by atoms with Gasteiger partial charge in [0.05, 0.1) is 22.2 Å². The summed E-state index contributed by atoms with van der Waals surface area (Å²) >= 11 is 12.5. The van der Waals surface area contributed by atoms with E-state index in [9.17, 15) is 9.59 Å². The minimum atomic E-state index is -0.782. The summed E-state index contributed by atoms with van der Waals surface area (Å²) in [6.45, 7) is 13.2. The van der Waals surface area contributed by atoms with Gasteiger partial charge in [0.15, 0.2) is 0 Å². The van der Waals surface area contributed by atoms with Crippen LogP contribution in [-0.2, 0) is 14.3 Å². The number of nitrogens with zero attached hydrogens (tertiary/aromatic N) is 2. The van der Waals surface area contributed by atoms with Crippen molar-refractivity contribution in [3.8, 4) is 0 Å². The summed E-state index contributed by atoms with van der Waals surface area (Å²) in [5.41, 5.74) is 0.197. The first-order chi connectivity index (χ1) is 16.4.